The number of carbonyl (C=O) groups excluding carboxylic acids is 1. The molecule has 0 saturated carbocycles. The SMILES string of the molecule is CCCCC1CC(NCC(F)F)CN(C(=O)CC)C1. The number of likely N-dealkylation sites (tertiary alicyclic amines) is 1. The van der Waals surface area contributed by atoms with Crippen LogP contribution in [0.25, 0.3) is 0 Å². The molecule has 1 amide bonds. The maximum atomic E-state index is 12.3. The van der Waals surface area contributed by atoms with Gasteiger partial charge in [-0.05, 0) is 18.8 Å². The van der Waals surface area contributed by atoms with Crippen molar-refractivity contribution in [2.75, 3.05) is 19.6 Å². The molecular weight excluding hydrogens is 250 g/mol. The molecule has 5 heteroatoms. The Labute approximate surface area is 114 Å². The van der Waals surface area contributed by atoms with Crippen molar-refractivity contribution in [2.24, 2.45) is 5.92 Å². The summed E-state index contributed by atoms with van der Waals surface area (Å²) in [7, 11) is 0. The maximum absolute atomic E-state index is 12.3. The van der Waals surface area contributed by atoms with Crippen molar-refractivity contribution in [3.05, 3.63) is 0 Å². The van der Waals surface area contributed by atoms with Gasteiger partial charge in [-0.1, -0.05) is 26.7 Å². The van der Waals surface area contributed by atoms with E-state index < -0.39 is 6.43 Å². The number of hydrogen-bond donors (Lipinski definition) is 1. The predicted octanol–water partition coefficient (Wildman–Crippen LogP) is 2.66. The van der Waals surface area contributed by atoms with Crippen LogP contribution < -0.4 is 5.32 Å². The highest BCUT2D eigenvalue weighted by Crippen LogP contribution is 2.22. The van der Waals surface area contributed by atoms with Gasteiger partial charge in [0, 0.05) is 25.6 Å². The zero-order valence-electron chi connectivity index (χ0n) is 12.0. The minimum atomic E-state index is -2.33. The largest absolute Gasteiger partial charge is 0.341 e. The van der Waals surface area contributed by atoms with E-state index in [1.54, 1.807) is 0 Å². The normalized spacial score (nSPS) is 23.9. The Balaban J connectivity index is 2.53. The van der Waals surface area contributed by atoms with Crippen LogP contribution >= 0.6 is 0 Å². The molecule has 0 aromatic rings. The molecule has 0 radical (unpaired) electrons. The van der Waals surface area contributed by atoms with Crippen molar-refractivity contribution in [2.45, 2.75) is 58.4 Å². The standard InChI is InChI=1S/C14H26F2N2O/c1-3-5-6-11-7-12(17-8-13(15)16)10-18(9-11)14(19)4-2/h11-13,17H,3-10H2,1-2H3. The lowest BCUT2D eigenvalue weighted by Crippen LogP contribution is -2.51. The lowest BCUT2D eigenvalue weighted by molar-refractivity contribution is -0.133. The number of piperidine rings is 1. The molecule has 1 fully saturated rings. The maximum Gasteiger partial charge on any atom is 0.250 e. The molecule has 1 N–H and O–H groups in total. The van der Waals surface area contributed by atoms with Crippen molar-refractivity contribution >= 4 is 5.91 Å². The fourth-order valence-electron chi connectivity index (χ4n) is 2.74. The van der Waals surface area contributed by atoms with Crippen molar-refractivity contribution in [1.29, 1.82) is 0 Å². The van der Waals surface area contributed by atoms with Gasteiger partial charge in [-0.15, -0.1) is 0 Å². The van der Waals surface area contributed by atoms with Gasteiger partial charge in [0.15, 0.2) is 0 Å². The summed E-state index contributed by atoms with van der Waals surface area (Å²) in [5, 5.41) is 2.89. The molecule has 112 valence electrons. The van der Waals surface area contributed by atoms with E-state index >= 15 is 0 Å². The van der Waals surface area contributed by atoms with Gasteiger partial charge < -0.3 is 10.2 Å². The summed E-state index contributed by atoms with van der Waals surface area (Å²) in [6.45, 7) is 5.07. The summed E-state index contributed by atoms with van der Waals surface area (Å²) >= 11 is 0. The predicted molar refractivity (Wildman–Crippen MR) is 72.3 cm³/mol. The molecule has 19 heavy (non-hydrogen) atoms. The fraction of sp³-hybridized carbons (Fsp3) is 0.929. The smallest absolute Gasteiger partial charge is 0.250 e. The van der Waals surface area contributed by atoms with Crippen LogP contribution in [0, 0.1) is 5.92 Å². The molecular formula is C14H26F2N2O. The highest BCUT2D eigenvalue weighted by Gasteiger charge is 2.29. The van der Waals surface area contributed by atoms with E-state index in [0.29, 0.717) is 18.9 Å². The molecule has 1 saturated heterocycles. The summed E-state index contributed by atoms with van der Waals surface area (Å²) in [4.78, 5) is 13.7. The first kappa shape index (κ1) is 16.3. The average molecular weight is 276 g/mol. The van der Waals surface area contributed by atoms with Crippen molar-refractivity contribution in [3.63, 3.8) is 0 Å². The van der Waals surface area contributed by atoms with E-state index in [4.69, 9.17) is 0 Å². The highest BCUT2D eigenvalue weighted by molar-refractivity contribution is 5.76. The van der Waals surface area contributed by atoms with Gasteiger partial charge in [0.05, 0.1) is 6.54 Å². The summed E-state index contributed by atoms with van der Waals surface area (Å²) < 4.78 is 24.5. The van der Waals surface area contributed by atoms with E-state index in [0.717, 1.165) is 32.2 Å². The van der Waals surface area contributed by atoms with Gasteiger partial charge in [-0.2, -0.15) is 0 Å². The number of hydrogen-bond acceptors (Lipinski definition) is 2. The zero-order chi connectivity index (χ0) is 14.3. The Bertz CT molecular complexity index is 274. The fourth-order valence-corrected chi connectivity index (χ4v) is 2.74. The molecule has 0 spiro atoms. The van der Waals surface area contributed by atoms with Gasteiger partial charge in [0.2, 0.25) is 5.91 Å². The number of carbonyl (C=O) groups is 1. The Morgan fingerprint density at radius 2 is 2.11 bits per heavy atom. The minimum absolute atomic E-state index is 0.0140. The van der Waals surface area contributed by atoms with Crippen LogP contribution in [0.1, 0.15) is 46.0 Å². The summed E-state index contributed by atoms with van der Waals surface area (Å²) in [6.07, 6.45) is 2.42. The number of alkyl halides is 2. The van der Waals surface area contributed by atoms with E-state index in [1.807, 2.05) is 11.8 Å². The third-order valence-corrected chi connectivity index (χ3v) is 3.72. The third-order valence-electron chi connectivity index (χ3n) is 3.72. The van der Waals surface area contributed by atoms with Crippen LogP contribution in [0.2, 0.25) is 0 Å². The lowest BCUT2D eigenvalue weighted by Gasteiger charge is -2.38. The van der Waals surface area contributed by atoms with Crippen LogP contribution in [0.4, 0.5) is 8.78 Å². The molecule has 0 aliphatic carbocycles. The van der Waals surface area contributed by atoms with Gasteiger partial charge in [-0.25, -0.2) is 8.78 Å². The molecule has 2 atom stereocenters. The zero-order valence-corrected chi connectivity index (χ0v) is 12.0. The number of halogens is 2. The molecule has 1 aliphatic heterocycles. The Morgan fingerprint density at radius 3 is 2.68 bits per heavy atom. The third kappa shape index (κ3) is 5.85. The molecule has 1 aliphatic rings. The molecule has 2 unspecified atom stereocenters. The second kappa shape index (κ2) is 8.46. The van der Waals surface area contributed by atoms with E-state index in [-0.39, 0.29) is 18.5 Å². The summed E-state index contributed by atoms with van der Waals surface area (Å²) in [6, 6.07) is 0.0140. The minimum Gasteiger partial charge on any atom is -0.341 e. The first-order valence-electron chi connectivity index (χ1n) is 7.36. The summed E-state index contributed by atoms with van der Waals surface area (Å²) in [5.41, 5.74) is 0. The molecule has 0 bridgehead atoms. The monoisotopic (exact) mass is 276 g/mol. The molecule has 1 heterocycles. The second-order valence-corrected chi connectivity index (χ2v) is 5.39. The quantitative estimate of drug-likeness (QED) is 0.775. The Kier molecular flexibility index (Phi) is 7.28. The molecule has 3 nitrogen and oxygen atoms in total. The first-order chi connectivity index (χ1) is 9.06. The van der Waals surface area contributed by atoms with Gasteiger partial charge in [0.25, 0.3) is 6.43 Å². The van der Waals surface area contributed by atoms with E-state index in [2.05, 4.69) is 12.2 Å². The van der Waals surface area contributed by atoms with Crippen molar-refractivity contribution in [3.8, 4) is 0 Å². The lowest BCUT2D eigenvalue weighted by atomic mass is 9.89. The van der Waals surface area contributed by atoms with Crippen LogP contribution in [0.3, 0.4) is 0 Å². The number of nitrogens with one attached hydrogen (secondary N) is 1. The first-order valence-corrected chi connectivity index (χ1v) is 7.36. The van der Waals surface area contributed by atoms with Crippen LogP contribution in [0.15, 0.2) is 0 Å². The number of nitrogens with zero attached hydrogens (tertiary/aromatic N) is 1. The second-order valence-electron chi connectivity index (χ2n) is 5.39. The van der Waals surface area contributed by atoms with Gasteiger partial charge >= 0.3 is 0 Å². The van der Waals surface area contributed by atoms with E-state index in [9.17, 15) is 13.6 Å². The summed E-state index contributed by atoms with van der Waals surface area (Å²) in [5.74, 6) is 0.574. The van der Waals surface area contributed by atoms with Gasteiger partial charge in [-0.3, -0.25) is 4.79 Å². The topological polar surface area (TPSA) is 32.3 Å². The number of rotatable bonds is 7. The van der Waals surface area contributed by atoms with Crippen molar-refractivity contribution < 1.29 is 13.6 Å². The number of unbranched alkanes of at least 4 members (excludes halogenated alkanes) is 1. The van der Waals surface area contributed by atoms with Gasteiger partial charge in [0.1, 0.15) is 0 Å². The number of amides is 1. The van der Waals surface area contributed by atoms with Crippen molar-refractivity contribution in [1.82, 2.24) is 10.2 Å². The molecule has 0 aromatic carbocycles. The molecule has 0 aromatic heterocycles. The average Bonchev–Trinajstić information content (AvgIpc) is 2.41. The Hall–Kier alpha value is -0.710. The Morgan fingerprint density at radius 1 is 1.37 bits per heavy atom. The van der Waals surface area contributed by atoms with Crippen LogP contribution in [-0.2, 0) is 4.79 Å². The van der Waals surface area contributed by atoms with Crippen LogP contribution in [0.5, 0.6) is 0 Å². The highest BCUT2D eigenvalue weighted by atomic mass is 19.3. The van der Waals surface area contributed by atoms with Crippen LogP contribution in [-0.4, -0.2) is 42.9 Å². The van der Waals surface area contributed by atoms with E-state index in [1.165, 1.54) is 0 Å². The molecule has 1 rings (SSSR count).